The van der Waals surface area contributed by atoms with Crippen molar-refractivity contribution >= 4 is 29.9 Å². The molecule has 0 aliphatic heterocycles. The first-order valence-corrected chi connectivity index (χ1v) is 7.31. The van der Waals surface area contributed by atoms with Crippen molar-refractivity contribution in [3.8, 4) is 0 Å². The lowest BCUT2D eigenvalue weighted by Crippen LogP contribution is -2.36. The van der Waals surface area contributed by atoms with Crippen LogP contribution in [0.15, 0.2) is 4.99 Å². The fourth-order valence-corrected chi connectivity index (χ4v) is 2.29. The van der Waals surface area contributed by atoms with Gasteiger partial charge in [-0.2, -0.15) is 0 Å². The summed E-state index contributed by atoms with van der Waals surface area (Å²) in [6, 6.07) is 0. The van der Waals surface area contributed by atoms with Crippen molar-refractivity contribution in [1.29, 1.82) is 0 Å². The molecule has 0 amide bonds. The minimum Gasteiger partial charge on any atom is -0.376 e. The molecule has 0 aromatic carbocycles. The van der Waals surface area contributed by atoms with Gasteiger partial charge in [0.25, 0.3) is 0 Å². The van der Waals surface area contributed by atoms with Crippen molar-refractivity contribution in [1.82, 2.24) is 10.2 Å². The van der Waals surface area contributed by atoms with Gasteiger partial charge in [-0.25, -0.2) is 0 Å². The molecule has 0 heterocycles. The van der Waals surface area contributed by atoms with E-state index in [0.717, 1.165) is 25.7 Å². The van der Waals surface area contributed by atoms with Crippen LogP contribution in [0.5, 0.6) is 0 Å². The Morgan fingerprint density at radius 2 is 1.84 bits per heavy atom. The van der Waals surface area contributed by atoms with Gasteiger partial charge in [0.05, 0.1) is 19.3 Å². The van der Waals surface area contributed by atoms with Crippen LogP contribution in [0.1, 0.15) is 45.4 Å². The average Bonchev–Trinajstić information content (AvgIpc) is 2.61. The molecule has 114 valence electrons. The van der Waals surface area contributed by atoms with Crippen LogP contribution in [0, 0.1) is 0 Å². The molecule has 1 fully saturated rings. The fourth-order valence-electron chi connectivity index (χ4n) is 2.29. The third-order valence-corrected chi connectivity index (χ3v) is 3.27. The summed E-state index contributed by atoms with van der Waals surface area (Å²) in [6.07, 6.45) is 8.36. The highest BCUT2D eigenvalue weighted by Gasteiger charge is 2.11. The van der Waals surface area contributed by atoms with Crippen LogP contribution in [-0.2, 0) is 4.74 Å². The first-order valence-electron chi connectivity index (χ1n) is 7.31. The zero-order chi connectivity index (χ0) is 13.2. The number of nitrogens with one attached hydrogen (secondary N) is 1. The van der Waals surface area contributed by atoms with Crippen molar-refractivity contribution in [3.63, 3.8) is 0 Å². The maximum absolute atomic E-state index is 5.92. The summed E-state index contributed by atoms with van der Waals surface area (Å²) in [5.74, 6) is 0.946. The molecule has 1 aliphatic rings. The quantitative estimate of drug-likeness (QED) is 0.261. The van der Waals surface area contributed by atoms with Crippen LogP contribution >= 0.6 is 24.0 Å². The van der Waals surface area contributed by atoms with Crippen LogP contribution in [0.2, 0.25) is 0 Å². The second-order valence-corrected chi connectivity index (χ2v) is 5.11. The van der Waals surface area contributed by atoms with Gasteiger partial charge in [0.15, 0.2) is 5.96 Å². The molecule has 19 heavy (non-hydrogen) atoms. The maximum atomic E-state index is 5.92. The number of halogens is 1. The van der Waals surface area contributed by atoms with E-state index in [1.165, 1.54) is 38.5 Å². The molecule has 0 unspecified atom stereocenters. The minimum absolute atomic E-state index is 0. The van der Waals surface area contributed by atoms with Crippen molar-refractivity contribution < 1.29 is 4.74 Å². The third-order valence-electron chi connectivity index (χ3n) is 3.27. The SMILES string of the molecule is CCNC(=NCCOC1CCCCCC1)N(C)C.I. The van der Waals surface area contributed by atoms with E-state index in [-0.39, 0.29) is 24.0 Å². The molecule has 0 bridgehead atoms. The number of hydrogen-bond donors (Lipinski definition) is 1. The van der Waals surface area contributed by atoms with Crippen LogP contribution in [0.4, 0.5) is 0 Å². The molecule has 1 saturated carbocycles. The van der Waals surface area contributed by atoms with E-state index in [4.69, 9.17) is 4.74 Å². The highest BCUT2D eigenvalue weighted by Crippen LogP contribution is 2.19. The summed E-state index contributed by atoms with van der Waals surface area (Å²) in [4.78, 5) is 6.54. The number of guanidine groups is 1. The second-order valence-electron chi connectivity index (χ2n) is 5.11. The number of rotatable bonds is 5. The van der Waals surface area contributed by atoms with E-state index in [1.807, 2.05) is 19.0 Å². The molecule has 1 rings (SSSR count). The highest BCUT2D eigenvalue weighted by molar-refractivity contribution is 14.0. The Labute approximate surface area is 135 Å². The van der Waals surface area contributed by atoms with Crippen molar-refractivity contribution in [2.45, 2.75) is 51.6 Å². The smallest absolute Gasteiger partial charge is 0.193 e. The topological polar surface area (TPSA) is 36.9 Å². The molecule has 0 spiro atoms. The van der Waals surface area contributed by atoms with E-state index in [9.17, 15) is 0 Å². The number of nitrogens with zero attached hydrogens (tertiary/aromatic N) is 2. The Morgan fingerprint density at radius 3 is 2.37 bits per heavy atom. The molecular weight excluding hydrogens is 353 g/mol. The molecule has 0 radical (unpaired) electrons. The van der Waals surface area contributed by atoms with Gasteiger partial charge in [-0.05, 0) is 19.8 Å². The van der Waals surface area contributed by atoms with Gasteiger partial charge in [-0.3, -0.25) is 4.99 Å². The molecule has 0 aromatic heterocycles. The second kappa shape index (κ2) is 11.8. The van der Waals surface area contributed by atoms with Gasteiger partial charge in [0.2, 0.25) is 0 Å². The Morgan fingerprint density at radius 1 is 1.21 bits per heavy atom. The van der Waals surface area contributed by atoms with Crippen molar-refractivity contribution in [2.75, 3.05) is 33.8 Å². The molecule has 5 heteroatoms. The van der Waals surface area contributed by atoms with Crippen LogP contribution < -0.4 is 5.32 Å². The Kier molecular flexibility index (Phi) is 11.7. The first kappa shape index (κ1) is 19.0. The van der Waals surface area contributed by atoms with Gasteiger partial charge in [-0.1, -0.05) is 25.7 Å². The summed E-state index contributed by atoms with van der Waals surface area (Å²) in [6.45, 7) is 4.48. The fraction of sp³-hybridized carbons (Fsp3) is 0.929. The normalized spacial score (nSPS) is 17.5. The number of ether oxygens (including phenoxy) is 1. The van der Waals surface area contributed by atoms with E-state index in [0.29, 0.717) is 6.10 Å². The monoisotopic (exact) mass is 383 g/mol. The lowest BCUT2D eigenvalue weighted by molar-refractivity contribution is 0.0486. The Hall–Kier alpha value is -0.0400. The summed E-state index contributed by atoms with van der Waals surface area (Å²) < 4.78 is 5.92. The molecular formula is C14H30IN3O. The van der Waals surface area contributed by atoms with E-state index in [1.54, 1.807) is 0 Å². The summed E-state index contributed by atoms with van der Waals surface area (Å²) >= 11 is 0. The van der Waals surface area contributed by atoms with E-state index < -0.39 is 0 Å². The van der Waals surface area contributed by atoms with Crippen molar-refractivity contribution in [3.05, 3.63) is 0 Å². The lowest BCUT2D eigenvalue weighted by Gasteiger charge is -2.17. The van der Waals surface area contributed by atoms with Crippen molar-refractivity contribution in [2.24, 2.45) is 4.99 Å². The number of hydrogen-bond acceptors (Lipinski definition) is 2. The van der Waals surface area contributed by atoms with Gasteiger partial charge >= 0.3 is 0 Å². The van der Waals surface area contributed by atoms with Crippen LogP contribution in [-0.4, -0.2) is 50.8 Å². The van der Waals surface area contributed by atoms with Gasteiger partial charge in [0, 0.05) is 20.6 Å². The van der Waals surface area contributed by atoms with Gasteiger partial charge < -0.3 is 15.0 Å². The largest absolute Gasteiger partial charge is 0.376 e. The van der Waals surface area contributed by atoms with E-state index in [2.05, 4.69) is 17.2 Å². The first-order chi connectivity index (χ1) is 8.74. The number of aliphatic imine (C=N–C) groups is 1. The molecule has 4 nitrogen and oxygen atoms in total. The third kappa shape index (κ3) is 8.68. The molecule has 0 saturated heterocycles. The van der Waals surface area contributed by atoms with Gasteiger partial charge in [-0.15, -0.1) is 24.0 Å². The minimum atomic E-state index is 0. The summed E-state index contributed by atoms with van der Waals surface area (Å²) in [5.41, 5.74) is 0. The van der Waals surface area contributed by atoms with Crippen LogP contribution in [0.25, 0.3) is 0 Å². The highest BCUT2D eigenvalue weighted by atomic mass is 127. The average molecular weight is 383 g/mol. The van der Waals surface area contributed by atoms with E-state index >= 15 is 0 Å². The Balaban J connectivity index is 0.00000324. The molecule has 0 atom stereocenters. The standard InChI is InChI=1S/C14H29N3O.HI/c1-4-15-14(17(2)3)16-11-12-18-13-9-7-5-6-8-10-13;/h13H,4-12H2,1-3H3,(H,15,16);1H. The predicted molar refractivity (Wildman–Crippen MR) is 92.5 cm³/mol. The summed E-state index contributed by atoms with van der Waals surface area (Å²) in [7, 11) is 4.02. The molecule has 1 N–H and O–H groups in total. The van der Waals surface area contributed by atoms with Crippen LogP contribution in [0.3, 0.4) is 0 Å². The molecule has 1 aliphatic carbocycles. The zero-order valence-electron chi connectivity index (χ0n) is 12.7. The molecule has 0 aromatic rings. The van der Waals surface area contributed by atoms with Gasteiger partial charge in [0.1, 0.15) is 0 Å². The predicted octanol–water partition coefficient (Wildman–Crippen LogP) is 2.87. The Bertz CT molecular complexity index is 239. The maximum Gasteiger partial charge on any atom is 0.193 e. The summed E-state index contributed by atoms with van der Waals surface area (Å²) in [5, 5.41) is 3.25. The lowest BCUT2D eigenvalue weighted by atomic mass is 10.1. The zero-order valence-corrected chi connectivity index (χ0v) is 15.0.